The van der Waals surface area contributed by atoms with Crippen LogP contribution in [0.5, 0.6) is 5.75 Å². The summed E-state index contributed by atoms with van der Waals surface area (Å²) in [4.78, 5) is 0. The van der Waals surface area contributed by atoms with Crippen molar-refractivity contribution in [1.82, 2.24) is 5.32 Å². The Balaban J connectivity index is 1.96. The highest BCUT2D eigenvalue weighted by molar-refractivity contribution is 5.28. The average Bonchev–Trinajstić information content (AvgIpc) is 2.45. The van der Waals surface area contributed by atoms with Gasteiger partial charge in [0.1, 0.15) is 5.75 Å². The summed E-state index contributed by atoms with van der Waals surface area (Å²) in [5, 5.41) is 3.80. The van der Waals surface area contributed by atoms with Crippen LogP contribution in [0.1, 0.15) is 45.6 Å². The van der Waals surface area contributed by atoms with Gasteiger partial charge in [0, 0.05) is 12.6 Å². The SMILES string of the molecule is COc1cccc(CNC2CC(C)CCC2C(C)C)c1. The number of nitrogens with one attached hydrogen (secondary N) is 1. The fourth-order valence-electron chi connectivity index (χ4n) is 3.47. The van der Waals surface area contributed by atoms with Crippen molar-refractivity contribution in [3.63, 3.8) is 0 Å². The summed E-state index contributed by atoms with van der Waals surface area (Å²) in [6.45, 7) is 8.05. The molecule has 1 saturated carbocycles. The Labute approximate surface area is 123 Å². The van der Waals surface area contributed by atoms with Gasteiger partial charge < -0.3 is 10.1 Å². The lowest BCUT2D eigenvalue weighted by molar-refractivity contribution is 0.169. The largest absolute Gasteiger partial charge is 0.497 e. The minimum absolute atomic E-state index is 0.657. The maximum atomic E-state index is 5.30. The molecule has 1 aliphatic rings. The van der Waals surface area contributed by atoms with Gasteiger partial charge in [0.05, 0.1) is 7.11 Å². The average molecular weight is 275 g/mol. The van der Waals surface area contributed by atoms with Crippen LogP contribution in [-0.2, 0) is 6.54 Å². The molecule has 1 aromatic carbocycles. The Morgan fingerprint density at radius 2 is 2.10 bits per heavy atom. The number of ether oxygens (including phenoxy) is 1. The van der Waals surface area contributed by atoms with Gasteiger partial charge in [-0.15, -0.1) is 0 Å². The molecule has 2 heteroatoms. The highest BCUT2D eigenvalue weighted by atomic mass is 16.5. The maximum Gasteiger partial charge on any atom is 0.119 e. The number of methoxy groups -OCH3 is 1. The first kappa shape index (κ1) is 15.4. The summed E-state index contributed by atoms with van der Waals surface area (Å²) in [7, 11) is 1.73. The summed E-state index contributed by atoms with van der Waals surface area (Å²) in [6, 6.07) is 9.03. The molecule has 0 aromatic heterocycles. The van der Waals surface area contributed by atoms with Gasteiger partial charge in [0.2, 0.25) is 0 Å². The van der Waals surface area contributed by atoms with Crippen LogP contribution in [0, 0.1) is 17.8 Å². The standard InChI is InChI=1S/C18H29NO/c1-13(2)17-9-8-14(3)10-18(17)19-12-15-6-5-7-16(11-15)20-4/h5-7,11,13-14,17-19H,8-10,12H2,1-4H3. The third-order valence-electron chi connectivity index (χ3n) is 4.72. The lowest BCUT2D eigenvalue weighted by Crippen LogP contribution is -2.42. The Morgan fingerprint density at radius 3 is 2.80 bits per heavy atom. The molecule has 1 aliphatic carbocycles. The highest BCUT2D eigenvalue weighted by Crippen LogP contribution is 2.33. The second kappa shape index (κ2) is 7.12. The lowest BCUT2D eigenvalue weighted by Gasteiger charge is -2.38. The van der Waals surface area contributed by atoms with E-state index in [1.807, 2.05) is 6.07 Å². The molecule has 0 heterocycles. The lowest BCUT2D eigenvalue weighted by atomic mass is 9.74. The van der Waals surface area contributed by atoms with E-state index in [1.165, 1.54) is 24.8 Å². The van der Waals surface area contributed by atoms with Crippen molar-refractivity contribution < 1.29 is 4.74 Å². The third-order valence-corrected chi connectivity index (χ3v) is 4.72. The fourth-order valence-corrected chi connectivity index (χ4v) is 3.47. The van der Waals surface area contributed by atoms with Crippen LogP contribution in [0.3, 0.4) is 0 Å². The number of hydrogen-bond acceptors (Lipinski definition) is 2. The van der Waals surface area contributed by atoms with Gasteiger partial charge in [0.15, 0.2) is 0 Å². The Morgan fingerprint density at radius 1 is 1.30 bits per heavy atom. The molecule has 1 fully saturated rings. The first-order chi connectivity index (χ1) is 9.60. The van der Waals surface area contributed by atoms with Gasteiger partial charge in [-0.25, -0.2) is 0 Å². The molecule has 2 nitrogen and oxygen atoms in total. The maximum absolute atomic E-state index is 5.30. The van der Waals surface area contributed by atoms with E-state index >= 15 is 0 Å². The molecule has 0 amide bonds. The minimum atomic E-state index is 0.657. The third kappa shape index (κ3) is 3.99. The molecule has 20 heavy (non-hydrogen) atoms. The quantitative estimate of drug-likeness (QED) is 0.867. The monoisotopic (exact) mass is 275 g/mol. The summed E-state index contributed by atoms with van der Waals surface area (Å²) in [6.07, 6.45) is 4.07. The summed E-state index contributed by atoms with van der Waals surface area (Å²) in [5.74, 6) is 3.39. The zero-order chi connectivity index (χ0) is 14.5. The molecular weight excluding hydrogens is 246 g/mol. The Bertz CT molecular complexity index is 416. The van der Waals surface area contributed by atoms with Gasteiger partial charge in [-0.2, -0.15) is 0 Å². The van der Waals surface area contributed by atoms with Crippen molar-refractivity contribution in [2.75, 3.05) is 7.11 Å². The Kier molecular flexibility index (Phi) is 5.47. The van der Waals surface area contributed by atoms with Crippen LogP contribution in [0.2, 0.25) is 0 Å². The van der Waals surface area contributed by atoms with E-state index in [9.17, 15) is 0 Å². The molecule has 0 spiro atoms. The van der Waals surface area contributed by atoms with Crippen LogP contribution in [0.15, 0.2) is 24.3 Å². The van der Waals surface area contributed by atoms with Crippen molar-refractivity contribution in [3.05, 3.63) is 29.8 Å². The first-order valence-corrected chi connectivity index (χ1v) is 7.96. The van der Waals surface area contributed by atoms with Crippen LogP contribution >= 0.6 is 0 Å². The predicted octanol–water partition coefficient (Wildman–Crippen LogP) is 4.25. The molecule has 1 N–H and O–H groups in total. The highest BCUT2D eigenvalue weighted by Gasteiger charge is 2.30. The molecule has 2 rings (SSSR count). The summed E-state index contributed by atoms with van der Waals surface area (Å²) >= 11 is 0. The van der Waals surface area contributed by atoms with Crippen LogP contribution in [0.25, 0.3) is 0 Å². The topological polar surface area (TPSA) is 21.3 Å². The van der Waals surface area contributed by atoms with E-state index in [4.69, 9.17) is 4.74 Å². The second-order valence-corrected chi connectivity index (χ2v) is 6.67. The molecular formula is C18H29NO. The smallest absolute Gasteiger partial charge is 0.119 e. The van der Waals surface area contributed by atoms with Crippen LogP contribution < -0.4 is 10.1 Å². The van der Waals surface area contributed by atoms with E-state index in [0.29, 0.717) is 6.04 Å². The second-order valence-electron chi connectivity index (χ2n) is 6.67. The minimum Gasteiger partial charge on any atom is -0.497 e. The van der Waals surface area contributed by atoms with Crippen molar-refractivity contribution in [1.29, 1.82) is 0 Å². The normalized spacial score (nSPS) is 26.8. The van der Waals surface area contributed by atoms with E-state index in [-0.39, 0.29) is 0 Å². The predicted molar refractivity (Wildman–Crippen MR) is 85.0 cm³/mol. The van der Waals surface area contributed by atoms with Crippen molar-refractivity contribution in [2.24, 2.45) is 17.8 Å². The van der Waals surface area contributed by atoms with Gasteiger partial charge in [-0.1, -0.05) is 39.3 Å². The van der Waals surface area contributed by atoms with E-state index < -0.39 is 0 Å². The van der Waals surface area contributed by atoms with Crippen molar-refractivity contribution in [2.45, 2.75) is 52.6 Å². The van der Waals surface area contributed by atoms with Crippen molar-refractivity contribution >= 4 is 0 Å². The number of rotatable bonds is 5. The van der Waals surface area contributed by atoms with E-state index in [1.54, 1.807) is 7.11 Å². The van der Waals surface area contributed by atoms with Crippen LogP contribution in [-0.4, -0.2) is 13.2 Å². The molecule has 0 saturated heterocycles. The van der Waals surface area contributed by atoms with Gasteiger partial charge in [0.25, 0.3) is 0 Å². The van der Waals surface area contributed by atoms with Gasteiger partial charge in [-0.3, -0.25) is 0 Å². The molecule has 112 valence electrons. The zero-order valence-corrected chi connectivity index (χ0v) is 13.4. The molecule has 0 bridgehead atoms. The fraction of sp³-hybridized carbons (Fsp3) is 0.667. The van der Waals surface area contributed by atoms with E-state index in [0.717, 1.165) is 30.0 Å². The molecule has 0 aliphatic heterocycles. The van der Waals surface area contributed by atoms with E-state index in [2.05, 4.69) is 44.3 Å². The van der Waals surface area contributed by atoms with Gasteiger partial charge >= 0.3 is 0 Å². The molecule has 3 atom stereocenters. The van der Waals surface area contributed by atoms with Crippen molar-refractivity contribution in [3.8, 4) is 5.75 Å². The summed E-state index contributed by atoms with van der Waals surface area (Å²) < 4.78 is 5.30. The first-order valence-electron chi connectivity index (χ1n) is 7.96. The Hall–Kier alpha value is -1.02. The summed E-state index contributed by atoms with van der Waals surface area (Å²) in [5.41, 5.74) is 1.31. The number of benzene rings is 1. The molecule has 3 unspecified atom stereocenters. The number of hydrogen-bond donors (Lipinski definition) is 1. The molecule has 0 radical (unpaired) electrons. The van der Waals surface area contributed by atoms with Gasteiger partial charge in [-0.05, 0) is 48.3 Å². The van der Waals surface area contributed by atoms with Crippen LogP contribution in [0.4, 0.5) is 0 Å². The molecule has 1 aromatic rings. The zero-order valence-electron chi connectivity index (χ0n) is 13.4.